The quantitative estimate of drug-likeness (QED) is 0.245. The van der Waals surface area contributed by atoms with E-state index < -0.39 is 0 Å². The number of methoxy groups -OCH3 is 3. The molecule has 1 amide bonds. The fraction of sp³-hybridized carbons (Fsp3) is 0.138. The summed E-state index contributed by atoms with van der Waals surface area (Å²) in [6, 6.07) is 25.0. The summed E-state index contributed by atoms with van der Waals surface area (Å²) in [6.07, 6.45) is 4.03. The summed E-state index contributed by atoms with van der Waals surface area (Å²) in [5, 5.41) is 1.91. The molecule has 4 rings (SSSR count). The smallest absolute Gasteiger partial charge is 0.268 e. The highest BCUT2D eigenvalue weighted by atomic mass is 32.1. The van der Waals surface area contributed by atoms with Crippen LogP contribution in [0, 0.1) is 0 Å². The SMILES string of the molecule is COc1ccc(C=Cc2cc(OC)cc(OC)c2CN(C(=O)c2cccs2)c2ccccc2)cc1. The number of hydrogen-bond acceptors (Lipinski definition) is 5. The zero-order valence-electron chi connectivity index (χ0n) is 19.9. The lowest BCUT2D eigenvalue weighted by Gasteiger charge is -2.25. The van der Waals surface area contributed by atoms with Gasteiger partial charge >= 0.3 is 0 Å². The first-order chi connectivity index (χ1) is 17.1. The Morgan fingerprint density at radius 1 is 0.829 bits per heavy atom. The van der Waals surface area contributed by atoms with Crippen LogP contribution >= 0.6 is 11.3 Å². The van der Waals surface area contributed by atoms with Crippen molar-refractivity contribution in [2.24, 2.45) is 0 Å². The Bertz CT molecular complexity index is 1280. The Labute approximate surface area is 209 Å². The minimum absolute atomic E-state index is 0.0610. The van der Waals surface area contributed by atoms with Crippen molar-refractivity contribution in [1.82, 2.24) is 0 Å². The molecular formula is C29H27NO4S. The number of carbonyl (C=O) groups excluding carboxylic acids is 1. The van der Waals surface area contributed by atoms with Crippen LogP contribution in [0.3, 0.4) is 0 Å². The van der Waals surface area contributed by atoms with Crippen LogP contribution in [0.1, 0.15) is 26.4 Å². The molecule has 3 aromatic carbocycles. The average molecular weight is 486 g/mol. The van der Waals surface area contributed by atoms with Gasteiger partial charge in [0, 0.05) is 17.3 Å². The standard InChI is InChI=1S/C29H27NO4S/c1-32-24-15-12-21(13-16-24)11-14-22-18-25(33-2)19-27(34-3)26(22)20-30(23-8-5-4-6-9-23)29(31)28-10-7-17-35-28/h4-19H,20H2,1-3H3. The lowest BCUT2D eigenvalue weighted by Crippen LogP contribution is -2.30. The molecule has 0 atom stereocenters. The van der Waals surface area contributed by atoms with Gasteiger partial charge in [-0.3, -0.25) is 4.79 Å². The zero-order chi connectivity index (χ0) is 24.6. The van der Waals surface area contributed by atoms with Crippen molar-refractivity contribution in [1.29, 1.82) is 0 Å². The van der Waals surface area contributed by atoms with Crippen LogP contribution in [0.25, 0.3) is 12.2 Å². The number of hydrogen-bond donors (Lipinski definition) is 0. The van der Waals surface area contributed by atoms with Gasteiger partial charge in [0.2, 0.25) is 0 Å². The maximum atomic E-state index is 13.5. The molecule has 0 unspecified atom stereocenters. The maximum Gasteiger partial charge on any atom is 0.268 e. The van der Waals surface area contributed by atoms with Crippen molar-refractivity contribution in [2.45, 2.75) is 6.54 Å². The third-order valence-electron chi connectivity index (χ3n) is 5.60. The first-order valence-corrected chi connectivity index (χ1v) is 12.0. The minimum atomic E-state index is -0.0610. The van der Waals surface area contributed by atoms with Gasteiger partial charge in [-0.2, -0.15) is 0 Å². The van der Waals surface area contributed by atoms with E-state index in [2.05, 4.69) is 0 Å². The normalized spacial score (nSPS) is 10.8. The molecule has 4 aromatic rings. The summed E-state index contributed by atoms with van der Waals surface area (Å²) in [5.74, 6) is 2.07. The first-order valence-electron chi connectivity index (χ1n) is 11.1. The Morgan fingerprint density at radius 3 is 2.20 bits per heavy atom. The van der Waals surface area contributed by atoms with Gasteiger partial charge in [-0.05, 0) is 52.9 Å². The van der Waals surface area contributed by atoms with Crippen LogP contribution in [-0.2, 0) is 6.54 Å². The highest BCUT2D eigenvalue weighted by molar-refractivity contribution is 7.12. The molecule has 0 fully saturated rings. The molecular weight excluding hydrogens is 458 g/mol. The molecule has 0 N–H and O–H groups in total. The molecule has 178 valence electrons. The van der Waals surface area contributed by atoms with E-state index in [0.717, 1.165) is 28.1 Å². The number of amides is 1. The van der Waals surface area contributed by atoms with Crippen molar-refractivity contribution < 1.29 is 19.0 Å². The van der Waals surface area contributed by atoms with E-state index in [1.165, 1.54) is 11.3 Å². The third-order valence-corrected chi connectivity index (χ3v) is 6.46. The fourth-order valence-corrected chi connectivity index (χ4v) is 4.41. The van der Waals surface area contributed by atoms with Crippen molar-refractivity contribution >= 4 is 35.1 Å². The molecule has 0 radical (unpaired) electrons. The van der Waals surface area contributed by atoms with Gasteiger partial charge < -0.3 is 19.1 Å². The molecule has 1 heterocycles. The summed E-state index contributed by atoms with van der Waals surface area (Å²) >= 11 is 1.43. The van der Waals surface area contributed by atoms with Crippen molar-refractivity contribution in [3.05, 3.63) is 106 Å². The fourth-order valence-electron chi connectivity index (χ4n) is 3.74. The number of anilines is 1. The second-order valence-corrected chi connectivity index (χ2v) is 8.66. The number of rotatable bonds is 9. The Hall–Kier alpha value is -4.03. The van der Waals surface area contributed by atoms with E-state index >= 15 is 0 Å². The summed E-state index contributed by atoms with van der Waals surface area (Å²) in [5.41, 5.74) is 3.62. The molecule has 35 heavy (non-hydrogen) atoms. The molecule has 0 saturated carbocycles. The average Bonchev–Trinajstić information content (AvgIpc) is 3.46. The van der Waals surface area contributed by atoms with E-state index in [-0.39, 0.29) is 5.91 Å². The van der Waals surface area contributed by atoms with Gasteiger partial charge in [0.15, 0.2) is 0 Å². The van der Waals surface area contributed by atoms with Crippen molar-refractivity contribution in [2.75, 3.05) is 26.2 Å². The van der Waals surface area contributed by atoms with E-state index in [1.807, 2.05) is 96.4 Å². The minimum Gasteiger partial charge on any atom is -0.497 e. The predicted octanol–water partition coefficient (Wildman–Crippen LogP) is 6.79. The molecule has 1 aromatic heterocycles. The van der Waals surface area contributed by atoms with Crippen LogP contribution in [0.5, 0.6) is 17.2 Å². The molecule has 0 aliphatic carbocycles. The largest absolute Gasteiger partial charge is 0.497 e. The van der Waals surface area contributed by atoms with Gasteiger partial charge in [0.25, 0.3) is 5.91 Å². The van der Waals surface area contributed by atoms with Crippen LogP contribution in [-0.4, -0.2) is 27.2 Å². The number of benzene rings is 3. The Kier molecular flexibility index (Phi) is 7.85. The van der Waals surface area contributed by atoms with Crippen molar-refractivity contribution in [3.63, 3.8) is 0 Å². The maximum absolute atomic E-state index is 13.5. The lowest BCUT2D eigenvalue weighted by molar-refractivity contribution is 0.0989. The van der Waals surface area contributed by atoms with Gasteiger partial charge in [0.05, 0.1) is 32.8 Å². The summed E-state index contributed by atoms with van der Waals surface area (Å²) < 4.78 is 16.5. The van der Waals surface area contributed by atoms with E-state index in [4.69, 9.17) is 14.2 Å². The highest BCUT2D eigenvalue weighted by Gasteiger charge is 2.22. The van der Waals surface area contributed by atoms with Gasteiger partial charge in [-0.25, -0.2) is 0 Å². The molecule has 0 bridgehead atoms. The van der Waals surface area contributed by atoms with Crippen LogP contribution in [0.4, 0.5) is 5.69 Å². The molecule has 0 spiro atoms. The third kappa shape index (κ3) is 5.73. The number of nitrogens with zero attached hydrogens (tertiary/aromatic N) is 1. The molecule has 0 aliphatic rings. The number of ether oxygens (including phenoxy) is 3. The van der Waals surface area contributed by atoms with Crippen molar-refractivity contribution in [3.8, 4) is 17.2 Å². The van der Waals surface area contributed by atoms with Gasteiger partial charge in [0.1, 0.15) is 17.2 Å². The lowest BCUT2D eigenvalue weighted by atomic mass is 10.0. The summed E-state index contributed by atoms with van der Waals surface area (Å²) in [4.78, 5) is 16.0. The number of para-hydroxylation sites is 1. The molecule has 6 heteroatoms. The monoisotopic (exact) mass is 485 g/mol. The molecule has 0 aliphatic heterocycles. The second kappa shape index (κ2) is 11.4. The highest BCUT2D eigenvalue weighted by Crippen LogP contribution is 2.33. The van der Waals surface area contributed by atoms with Crippen LogP contribution < -0.4 is 19.1 Å². The zero-order valence-corrected chi connectivity index (χ0v) is 20.7. The molecule has 5 nitrogen and oxygen atoms in total. The Balaban J connectivity index is 1.77. The van der Waals surface area contributed by atoms with E-state index in [0.29, 0.717) is 22.9 Å². The summed E-state index contributed by atoms with van der Waals surface area (Å²) in [6.45, 7) is 0.330. The second-order valence-electron chi connectivity index (χ2n) is 7.71. The van der Waals surface area contributed by atoms with Gasteiger partial charge in [-0.15, -0.1) is 11.3 Å². The topological polar surface area (TPSA) is 48.0 Å². The number of thiophene rings is 1. The summed E-state index contributed by atoms with van der Waals surface area (Å²) in [7, 11) is 4.90. The Morgan fingerprint density at radius 2 is 1.57 bits per heavy atom. The predicted molar refractivity (Wildman–Crippen MR) is 143 cm³/mol. The van der Waals surface area contributed by atoms with E-state index in [9.17, 15) is 4.79 Å². The first kappa shape index (κ1) is 24.1. The van der Waals surface area contributed by atoms with E-state index in [1.54, 1.807) is 26.2 Å². The molecule has 0 saturated heterocycles. The van der Waals surface area contributed by atoms with Gasteiger partial charge in [-0.1, -0.05) is 48.6 Å². The van der Waals surface area contributed by atoms with Crippen LogP contribution in [0.15, 0.2) is 84.2 Å². The number of carbonyl (C=O) groups is 1. The van der Waals surface area contributed by atoms with Crippen LogP contribution in [0.2, 0.25) is 0 Å².